The van der Waals surface area contributed by atoms with E-state index in [0.717, 1.165) is 37.2 Å². The summed E-state index contributed by atoms with van der Waals surface area (Å²) in [4.78, 5) is 23.7. The summed E-state index contributed by atoms with van der Waals surface area (Å²) in [7, 11) is 0. The minimum absolute atomic E-state index is 0.0311. The molecule has 2 heterocycles. The van der Waals surface area contributed by atoms with E-state index in [1.54, 1.807) is 6.07 Å². The predicted octanol–water partition coefficient (Wildman–Crippen LogP) is 3.70. The van der Waals surface area contributed by atoms with Gasteiger partial charge in [-0.1, -0.05) is 11.6 Å². The molecule has 1 amide bonds. The van der Waals surface area contributed by atoms with Crippen LogP contribution in [0.2, 0.25) is 5.02 Å². The number of piperidine rings is 1. The fourth-order valence-electron chi connectivity index (χ4n) is 4.14. The lowest BCUT2D eigenvalue weighted by atomic mass is 9.77. The van der Waals surface area contributed by atoms with Gasteiger partial charge in [-0.2, -0.15) is 0 Å². The monoisotopic (exact) mass is 359 g/mol. The van der Waals surface area contributed by atoms with Crippen LogP contribution in [0.15, 0.2) is 24.4 Å². The van der Waals surface area contributed by atoms with Crippen LogP contribution in [0.3, 0.4) is 0 Å². The van der Waals surface area contributed by atoms with E-state index in [4.69, 9.17) is 16.6 Å². The normalized spacial score (nSPS) is 22.3. The molecule has 1 aromatic heterocycles. The van der Waals surface area contributed by atoms with Crippen molar-refractivity contribution in [2.24, 2.45) is 0 Å². The maximum absolute atomic E-state index is 13.7. The quantitative estimate of drug-likeness (QED) is 0.780. The molecule has 130 valence electrons. The molecule has 4 nitrogen and oxygen atoms in total. The highest BCUT2D eigenvalue weighted by molar-refractivity contribution is 6.30. The van der Waals surface area contributed by atoms with Crippen LogP contribution >= 0.6 is 11.6 Å². The van der Waals surface area contributed by atoms with E-state index >= 15 is 0 Å². The molecule has 1 atom stereocenters. The van der Waals surface area contributed by atoms with E-state index in [1.807, 2.05) is 18.0 Å². The number of likely N-dealkylation sites (tertiary alicyclic amines) is 1. The Bertz CT molecular complexity index is 853. The third-order valence-corrected chi connectivity index (χ3v) is 5.70. The standard InChI is InChI=1S/C19H19ClFN3O/c1-12-22-10-14-5-7-19(17(14)23-12)6-2-8-24(11-19)18(25)13-3-4-15(20)16(21)9-13/h3-4,9-10H,2,5-8,11H2,1H3. The molecule has 1 aliphatic carbocycles. The smallest absolute Gasteiger partial charge is 0.253 e. The molecule has 1 aromatic carbocycles. The fourth-order valence-corrected chi connectivity index (χ4v) is 4.26. The average Bonchev–Trinajstić information content (AvgIpc) is 2.94. The number of benzene rings is 1. The van der Waals surface area contributed by atoms with E-state index in [9.17, 15) is 9.18 Å². The van der Waals surface area contributed by atoms with Crippen molar-refractivity contribution < 1.29 is 9.18 Å². The van der Waals surface area contributed by atoms with Crippen LogP contribution < -0.4 is 0 Å². The van der Waals surface area contributed by atoms with Crippen LogP contribution in [0.4, 0.5) is 4.39 Å². The third kappa shape index (κ3) is 2.80. The average molecular weight is 360 g/mol. The van der Waals surface area contributed by atoms with Gasteiger partial charge in [-0.3, -0.25) is 4.79 Å². The lowest BCUT2D eigenvalue weighted by Gasteiger charge is -2.40. The predicted molar refractivity (Wildman–Crippen MR) is 93.3 cm³/mol. The van der Waals surface area contributed by atoms with Crippen LogP contribution in [-0.2, 0) is 11.8 Å². The number of carbonyl (C=O) groups excluding carboxylic acids is 1. The SMILES string of the molecule is Cc1ncc2c(n1)C1(CCCN(C(=O)c3ccc(Cl)c(F)c3)C1)CC2. The first-order chi connectivity index (χ1) is 12.0. The van der Waals surface area contributed by atoms with Crippen molar-refractivity contribution in [2.45, 2.75) is 38.0 Å². The molecule has 1 fully saturated rings. The summed E-state index contributed by atoms with van der Waals surface area (Å²) in [5.41, 5.74) is 2.54. The first-order valence-electron chi connectivity index (χ1n) is 8.56. The maximum Gasteiger partial charge on any atom is 0.253 e. The maximum atomic E-state index is 13.7. The van der Waals surface area contributed by atoms with Gasteiger partial charge in [-0.25, -0.2) is 14.4 Å². The second kappa shape index (κ2) is 6.06. The van der Waals surface area contributed by atoms with Crippen molar-refractivity contribution in [1.29, 1.82) is 0 Å². The Morgan fingerprint density at radius 2 is 2.20 bits per heavy atom. The number of hydrogen-bond acceptors (Lipinski definition) is 3. The van der Waals surface area contributed by atoms with Crippen LogP contribution in [0.5, 0.6) is 0 Å². The number of fused-ring (bicyclic) bond motifs is 2. The molecule has 2 aromatic rings. The molecule has 1 saturated heterocycles. The highest BCUT2D eigenvalue weighted by atomic mass is 35.5. The zero-order chi connectivity index (χ0) is 17.6. The molecule has 1 unspecified atom stereocenters. The van der Waals surface area contributed by atoms with E-state index in [1.165, 1.54) is 17.7 Å². The van der Waals surface area contributed by atoms with E-state index in [-0.39, 0.29) is 16.3 Å². The Labute approximate surface area is 151 Å². The fraction of sp³-hybridized carbons (Fsp3) is 0.421. The van der Waals surface area contributed by atoms with Gasteiger partial charge < -0.3 is 4.90 Å². The lowest BCUT2D eigenvalue weighted by molar-refractivity contribution is 0.0633. The molecule has 0 saturated carbocycles. The van der Waals surface area contributed by atoms with E-state index < -0.39 is 5.82 Å². The number of nitrogens with zero attached hydrogens (tertiary/aromatic N) is 3. The molecule has 0 bridgehead atoms. The second-order valence-electron chi connectivity index (χ2n) is 7.03. The summed E-state index contributed by atoms with van der Waals surface area (Å²) < 4.78 is 13.7. The van der Waals surface area contributed by atoms with Crippen LogP contribution in [0, 0.1) is 12.7 Å². The van der Waals surface area contributed by atoms with Gasteiger partial charge in [0.05, 0.1) is 10.7 Å². The topological polar surface area (TPSA) is 46.1 Å². The van der Waals surface area contributed by atoms with Crippen LogP contribution in [-0.4, -0.2) is 33.9 Å². The number of aromatic nitrogens is 2. The van der Waals surface area contributed by atoms with Crippen molar-refractivity contribution in [3.05, 3.63) is 57.9 Å². The summed E-state index contributed by atoms with van der Waals surface area (Å²) in [5, 5.41) is 0.0311. The second-order valence-corrected chi connectivity index (χ2v) is 7.44. The Morgan fingerprint density at radius 1 is 1.36 bits per heavy atom. The summed E-state index contributed by atoms with van der Waals surface area (Å²) in [6.45, 7) is 3.21. The Morgan fingerprint density at radius 3 is 3.00 bits per heavy atom. The first kappa shape index (κ1) is 16.5. The van der Waals surface area contributed by atoms with Gasteiger partial charge >= 0.3 is 0 Å². The number of carbonyl (C=O) groups is 1. The minimum atomic E-state index is -0.561. The molecule has 6 heteroatoms. The van der Waals surface area contributed by atoms with Crippen molar-refractivity contribution in [3.8, 4) is 0 Å². The van der Waals surface area contributed by atoms with Crippen molar-refractivity contribution in [1.82, 2.24) is 14.9 Å². The molecular formula is C19H19ClFN3O. The van der Waals surface area contributed by atoms with Crippen molar-refractivity contribution in [3.63, 3.8) is 0 Å². The summed E-state index contributed by atoms with van der Waals surface area (Å²) in [6, 6.07) is 4.25. The Kier molecular flexibility index (Phi) is 3.99. The van der Waals surface area contributed by atoms with Crippen LogP contribution in [0.1, 0.15) is 46.7 Å². The summed E-state index contributed by atoms with van der Waals surface area (Å²) >= 11 is 5.73. The first-order valence-corrected chi connectivity index (χ1v) is 8.94. The molecule has 1 spiro atoms. The molecule has 25 heavy (non-hydrogen) atoms. The number of aryl methyl sites for hydroxylation is 2. The third-order valence-electron chi connectivity index (χ3n) is 5.39. The summed E-state index contributed by atoms with van der Waals surface area (Å²) in [6.07, 6.45) is 5.80. The molecule has 1 aliphatic heterocycles. The zero-order valence-electron chi connectivity index (χ0n) is 14.1. The number of rotatable bonds is 1. The van der Waals surface area contributed by atoms with Gasteiger partial charge in [0, 0.05) is 30.3 Å². The number of halogens is 2. The number of amides is 1. The Balaban J connectivity index is 1.63. The van der Waals surface area contributed by atoms with E-state index in [2.05, 4.69) is 4.98 Å². The summed E-state index contributed by atoms with van der Waals surface area (Å²) in [5.74, 6) is 0.0611. The van der Waals surface area contributed by atoms with Gasteiger partial charge in [-0.05, 0) is 56.4 Å². The molecule has 4 rings (SSSR count). The largest absolute Gasteiger partial charge is 0.338 e. The molecular weight excluding hydrogens is 341 g/mol. The molecule has 0 N–H and O–H groups in total. The highest BCUT2D eigenvalue weighted by Gasteiger charge is 2.44. The molecule has 0 radical (unpaired) electrons. The Hall–Kier alpha value is -2.01. The number of hydrogen-bond donors (Lipinski definition) is 0. The highest BCUT2D eigenvalue weighted by Crippen LogP contribution is 2.44. The van der Waals surface area contributed by atoms with Gasteiger partial charge in [0.15, 0.2) is 0 Å². The zero-order valence-corrected chi connectivity index (χ0v) is 14.8. The van der Waals surface area contributed by atoms with Gasteiger partial charge in [0.25, 0.3) is 5.91 Å². The van der Waals surface area contributed by atoms with Crippen molar-refractivity contribution in [2.75, 3.05) is 13.1 Å². The van der Waals surface area contributed by atoms with Gasteiger partial charge in [0.2, 0.25) is 0 Å². The van der Waals surface area contributed by atoms with Crippen molar-refractivity contribution >= 4 is 17.5 Å². The van der Waals surface area contributed by atoms with Gasteiger partial charge in [0.1, 0.15) is 11.6 Å². The molecule has 2 aliphatic rings. The lowest BCUT2D eigenvalue weighted by Crippen LogP contribution is -2.48. The van der Waals surface area contributed by atoms with Gasteiger partial charge in [-0.15, -0.1) is 0 Å². The van der Waals surface area contributed by atoms with E-state index in [0.29, 0.717) is 18.7 Å². The van der Waals surface area contributed by atoms with Crippen LogP contribution in [0.25, 0.3) is 0 Å². The minimum Gasteiger partial charge on any atom is -0.338 e.